The van der Waals surface area contributed by atoms with E-state index in [1.54, 1.807) is 14.2 Å². The molecule has 0 unspecified atom stereocenters. The van der Waals surface area contributed by atoms with Crippen molar-refractivity contribution in [3.63, 3.8) is 0 Å². The molecule has 2 aliphatic heterocycles. The van der Waals surface area contributed by atoms with Gasteiger partial charge in [0, 0.05) is 54.9 Å². The molecule has 1 N–H and O–H groups in total. The molecule has 2 aliphatic rings. The number of benzene rings is 2. The number of methoxy groups -OCH3 is 2. The van der Waals surface area contributed by atoms with Crippen LogP contribution < -0.4 is 19.9 Å². The second-order valence-corrected chi connectivity index (χ2v) is 9.98. The predicted molar refractivity (Wildman–Crippen MR) is 147 cm³/mol. The summed E-state index contributed by atoms with van der Waals surface area (Å²) in [6.07, 6.45) is 2.07. The zero-order valence-electron chi connectivity index (χ0n) is 22.2. The maximum absolute atomic E-state index is 13.5. The van der Waals surface area contributed by atoms with Crippen molar-refractivity contribution in [3.8, 4) is 11.5 Å². The predicted octanol–water partition coefficient (Wildman–Crippen LogP) is 2.62. The first-order valence-electron chi connectivity index (χ1n) is 13.3. The van der Waals surface area contributed by atoms with E-state index in [1.165, 1.54) is 0 Å². The summed E-state index contributed by atoms with van der Waals surface area (Å²) >= 11 is 0. The Bertz CT molecular complexity index is 1470. The Labute approximate surface area is 226 Å². The van der Waals surface area contributed by atoms with E-state index in [4.69, 9.17) is 14.2 Å². The molecule has 11 nitrogen and oxygen atoms in total. The number of anilines is 1. The summed E-state index contributed by atoms with van der Waals surface area (Å²) in [6, 6.07) is 15.3. The number of fused-ring (bicyclic) bond motifs is 1. The summed E-state index contributed by atoms with van der Waals surface area (Å²) in [4.78, 5) is 21.2. The highest BCUT2D eigenvalue weighted by Gasteiger charge is 2.33. The second-order valence-electron chi connectivity index (χ2n) is 9.98. The van der Waals surface area contributed by atoms with Crippen molar-refractivity contribution < 1.29 is 14.2 Å². The summed E-state index contributed by atoms with van der Waals surface area (Å²) in [7, 11) is 3.31. The van der Waals surface area contributed by atoms with E-state index in [1.807, 2.05) is 41.1 Å². The van der Waals surface area contributed by atoms with Gasteiger partial charge in [-0.05, 0) is 71.8 Å². The van der Waals surface area contributed by atoms with Crippen LogP contribution in [0.5, 0.6) is 11.5 Å². The van der Waals surface area contributed by atoms with E-state index in [-0.39, 0.29) is 11.7 Å². The van der Waals surface area contributed by atoms with Gasteiger partial charge in [-0.15, -0.1) is 5.10 Å². The molecule has 0 radical (unpaired) electrons. The minimum Gasteiger partial charge on any atom is -0.497 e. The number of hydrogen-bond acceptors (Lipinski definition) is 9. The van der Waals surface area contributed by atoms with Crippen LogP contribution in [-0.4, -0.2) is 83.2 Å². The molecule has 0 spiro atoms. The lowest BCUT2D eigenvalue weighted by Crippen LogP contribution is -2.49. The van der Waals surface area contributed by atoms with Gasteiger partial charge >= 0.3 is 0 Å². The summed E-state index contributed by atoms with van der Waals surface area (Å²) in [5.41, 5.74) is 2.36. The van der Waals surface area contributed by atoms with Gasteiger partial charge in [-0.1, -0.05) is 0 Å². The first kappa shape index (κ1) is 25.3. The zero-order valence-corrected chi connectivity index (χ0v) is 22.2. The number of tetrazole rings is 1. The van der Waals surface area contributed by atoms with E-state index < -0.39 is 6.04 Å². The molecule has 0 saturated carbocycles. The maximum atomic E-state index is 13.5. The van der Waals surface area contributed by atoms with E-state index >= 15 is 0 Å². The smallest absolute Gasteiger partial charge is 0.253 e. The molecule has 2 atom stereocenters. The molecule has 0 aliphatic carbocycles. The molecule has 11 heteroatoms. The van der Waals surface area contributed by atoms with Crippen molar-refractivity contribution in [3.05, 3.63) is 70.3 Å². The van der Waals surface area contributed by atoms with Crippen LogP contribution in [0.25, 0.3) is 10.9 Å². The fourth-order valence-corrected chi connectivity index (χ4v) is 5.58. The molecule has 2 aromatic carbocycles. The average molecular weight is 532 g/mol. The van der Waals surface area contributed by atoms with Gasteiger partial charge in [-0.2, -0.15) is 0 Å². The Kier molecular flexibility index (Phi) is 7.16. The molecule has 4 heterocycles. The summed E-state index contributed by atoms with van der Waals surface area (Å²) in [6.45, 7) is 4.39. The fraction of sp³-hybridized carbons (Fsp3) is 0.429. The number of rotatable bonds is 8. The molecule has 2 fully saturated rings. The van der Waals surface area contributed by atoms with Crippen molar-refractivity contribution in [2.45, 2.75) is 31.5 Å². The molecular formula is C28H33N7O4. The van der Waals surface area contributed by atoms with Crippen LogP contribution >= 0.6 is 0 Å². The Morgan fingerprint density at radius 3 is 2.51 bits per heavy atom. The lowest BCUT2D eigenvalue weighted by molar-refractivity contribution is 0.0906. The molecule has 204 valence electrons. The van der Waals surface area contributed by atoms with Crippen LogP contribution in [0.3, 0.4) is 0 Å². The Hall–Kier alpha value is -3.96. The van der Waals surface area contributed by atoms with Crippen LogP contribution in [0.15, 0.2) is 53.3 Å². The number of pyridine rings is 1. The monoisotopic (exact) mass is 531 g/mol. The molecule has 2 aromatic heterocycles. The van der Waals surface area contributed by atoms with Gasteiger partial charge in [0.05, 0.1) is 26.9 Å². The second kappa shape index (κ2) is 11.0. The van der Waals surface area contributed by atoms with Crippen molar-refractivity contribution in [1.82, 2.24) is 30.1 Å². The Morgan fingerprint density at radius 1 is 1.03 bits per heavy atom. The first-order chi connectivity index (χ1) is 19.1. The molecule has 2 saturated heterocycles. The molecule has 6 rings (SSSR count). The summed E-state index contributed by atoms with van der Waals surface area (Å²) in [5, 5.41) is 13.7. The average Bonchev–Trinajstić information content (AvgIpc) is 3.66. The number of nitrogens with one attached hydrogen (secondary N) is 1. The zero-order chi connectivity index (χ0) is 26.8. The van der Waals surface area contributed by atoms with Crippen molar-refractivity contribution in [2.75, 3.05) is 51.9 Å². The van der Waals surface area contributed by atoms with Crippen LogP contribution in [0, 0.1) is 0 Å². The number of aromatic amines is 1. The molecule has 39 heavy (non-hydrogen) atoms. The van der Waals surface area contributed by atoms with Crippen LogP contribution in [0.2, 0.25) is 0 Å². The minimum atomic E-state index is -0.418. The highest BCUT2D eigenvalue weighted by molar-refractivity contribution is 5.80. The van der Waals surface area contributed by atoms with Gasteiger partial charge < -0.3 is 24.1 Å². The lowest BCUT2D eigenvalue weighted by atomic mass is 10.0. The van der Waals surface area contributed by atoms with Gasteiger partial charge in [-0.3, -0.25) is 9.69 Å². The number of aromatic nitrogens is 5. The number of piperazine rings is 1. The SMILES string of the molecule is COc1ccc(N2CCN([C@@H](c3cc4cc(OC)ccc4[nH]c3=O)c3nnnn3C[C@H]3CCCO3)CC2)cc1. The summed E-state index contributed by atoms with van der Waals surface area (Å²) in [5.74, 6) is 2.22. The molecule has 4 aromatic rings. The van der Waals surface area contributed by atoms with Crippen molar-refractivity contribution in [1.29, 1.82) is 0 Å². The Balaban J connectivity index is 1.35. The van der Waals surface area contributed by atoms with Gasteiger partial charge in [0.25, 0.3) is 5.56 Å². The number of hydrogen-bond donors (Lipinski definition) is 1. The third kappa shape index (κ3) is 5.19. The normalized spacial score (nSPS) is 18.9. The maximum Gasteiger partial charge on any atom is 0.253 e. The third-order valence-corrected chi connectivity index (χ3v) is 7.70. The topological polar surface area (TPSA) is 111 Å². The highest BCUT2D eigenvalue weighted by atomic mass is 16.5. The number of ether oxygens (including phenoxy) is 3. The van der Waals surface area contributed by atoms with Crippen LogP contribution in [-0.2, 0) is 11.3 Å². The Morgan fingerprint density at radius 2 is 1.79 bits per heavy atom. The van der Waals surface area contributed by atoms with E-state index in [2.05, 4.69) is 42.4 Å². The van der Waals surface area contributed by atoms with Crippen molar-refractivity contribution in [2.24, 2.45) is 0 Å². The van der Waals surface area contributed by atoms with Gasteiger partial charge in [-0.25, -0.2) is 4.68 Å². The highest BCUT2D eigenvalue weighted by Crippen LogP contribution is 2.30. The van der Waals surface area contributed by atoms with E-state index in [0.29, 0.717) is 17.9 Å². The van der Waals surface area contributed by atoms with Gasteiger partial charge in [0.15, 0.2) is 5.82 Å². The van der Waals surface area contributed by atoms with E-state index in [0.717, 1.165) is 73.7 Å². The third-order valence-electron chi connectivity index (χ3n) is 7.70. The van der Waals surface area contributed by atoms with Gasteiger partial charge in [0.1, 0.15) is 17.5 Å². The molecule has 0 amide bonds. The van der Waals surface area contributed by atoms with Gasteiger partial charge in [0.2, 0.25) is 0 Å². The largest absolute Gasteiger partial charge is 0.497 e. The van der Waals surface area contributed by atoms with Crippen LogP contribution in [0.4, 0.5) is 5.69 Å². The summed E-state index contributed by atoms with van der Waals surface area (Å²) < 4.78 is 18.4. The first-order valence-corrected chi connectivity index (χ1v) is 13.3. The van der Waals surface area contributed by atoms with E-state index in [9.17, 15) is 4.79 Å². The lowest BCUT2D eigenvalue weighted by Gasteiger charge is -2.39. The molecular weight excluding hydrogens is 498 g/mol. The number of H-pyrrole nitrogens is 1. The van der Waals surface area contributed by atoms with Crippen LogP contribution in [0.1, 0.15) is 30.3 Å². The minimum absolute atomic E-state index is 0.0685. The fourth-order valence-electron chi connectivity index (χ4n) is 5.58. The standard InChI is InChI=1S/C28H33N7O4/c1-37-21-7-5-20(6-8-21)33-11-13-34(14-12-33)26(27-30-31-32-35(27)18-23-4-3-15-39-23)24-17-19-16-22(38-2)9-10-25(19)29-28(24)36/h5-10,16-17,23,26H,3-4,11-15,18H2,1-2H3,(H,29,36)/t23-,26+/m1/s1. The van der Waals surface area contributed by atoms with Crippen molar-refractivity contribution >= 4 is 16.6 Å². The molecule has 0 bridgehead atoms. The quantitative estimate of drug-likeness (QED) is 0.367. The number of nitrogens with zero attached hydrogens (tertiary/aromatic N) is 6.